The van der Waals surface area contributed by atoms with Crippen LogP contribution in [0.25, 0.3) is 0 Å². The van der Waals surface area contributed by atoms with Crippen molar-refractivity contribution in [3.63, 3.8) is 0 Å². The minimum Gasteiger partial charge on any atom is -0.482 e. The van der Waals surface area contributed by atoms with Crippen molar-refractivity contribution in [1.29, 1.82) is 0 Å². The van der Waals surface area contributed by atoms with Gasteiger partial charge in [-0.3, -0.25) is 4.79 Å². The number of pyridine rings is 1. The number of halogens is 2. The summed E-state index contributed by atoms with van der Waals surface area (Å²) in [7, 11) is 0. The molecule has 8 heteroatoms. The topological polar surface area (TPSA) is 77.5 Å². The highest BCUT2D eigenvalue weighted by Crippen LogP contribution is 2.22. The lowest BCUT2D eigenvalue weighted by molar-refractivity contribution is -0.149. The maximum absolute atomic E-state index is 11.8. The first-order chi connectivity index (χ1) is 11.8. The number of hydrogen-bond acceptors (Lipinski definition) is 5. The molecule has 1 amide bonds. The van der Waals surface area contributed by atoms with E-state index in [4.69, 9.17) is 32.7 Å². The highest BCUT2D eigenvalue weighted by molar-refractivity contribution is 6.36. The molecule has 0 unspecified atom stereocenters. The zero-order valence-corrected chi connectivity index (χ0v) is 15.1. The molecule has 0 fully saturated rings. The molecular formula is C17H16Cl2N2O4. The van der Waals surface area contributed by atoms with Crippen molar-refractivity contribution in [3.05, 3.63) is 51.6 Å². The van der Waals surface area contributed by atoms with Crippen molar-refractivity contribution in [2.45, 2.75) is 13.8 Å². The molecule has 1 heterocycles. The predicted octanol–water partition coefficient (Wildman–Crippen LogP) is 3.57. The second kappa shape index (κ2) is 8.69. The van der Waals surface area contributed by atoms with Gasteiger partial charge in [0.1, 0.15) is 5.75 Å². The molecule has 0 bridgehead atoms. The lowest BCUT2D eigenvalue weighted by Crippen LogP contribution is -2.24. The first-order valence-electron chi connectivity index (χ1n) is 7.31. The van der Waals surface area contributed by atoms with E-state index in [9.17, 15) is 9.59 Å². The standard InChI is InChI=1S/C17H16Cl2N2O4/c1-10-3-4-11(2)14(5-10)24-9-16(23)25-8-15(22)21-17-13(19)6-12(18)7-20-17/h3-7H,8-9H2,1-2H3,(H,20,21,22). The van der Waals surface area contributed by atoms with Crippen LogP contribution in [0.3, 0.4) is 0 Å². The summed E-state index contributed by atoms with van der Waals surface area (Å²) in [6.07, 6.45) is 1.34. The number of nitrogens with one attached hydrogen (secondary N) is 1. The third-order valence-corrected chi connectivity index (χ3v) is 3.61. The molecule has 0 saturated carbocycles. The van der Waals surface area contributed by atoms with Crippen LogP contribution in [-0.2, 0) is 14.3 Å². The van der Waals surface area contributed by atoms with Crippen molar-refractivity contribution < 1.29 is 19.1 Å². The van der Waals surface area contributed by atoms with Crippen molar-refractivity contribution in [2.24, 2.45) is 0 Å². The van der Waals surface area contributed by atoms with Gasteiger partial charge in [0.15, 0.2) is 19.0 Å². The second-order valence-electron chi connectivity index (χ2n) is 5.25. The summed E-state index contributed by atoms with van der Waals surface area (Å²) in [5.41, 5.74) is 1.92. The van der Waals surface area contributed by atoms with Crippen molar-refractivity contribution in [2.75, 3.05) is 18.5 Å². The number of hydrogen-bond donors (Lipinski definition) is 1. The molecule has 1 aromatic carbocycles. The number of ether oxygens (including phenoxy) is 2. The minimum absolute atomic E-state index is 0.138. The molecule has 0 spiro atoms. The Bertz CT molecular complexity index is 796. The van der Waals surface area contributed by atoms with E-state index < -0.39 is 18.5 Å². The van der Waals surface area contributed by atoms with Gasteiger partial charge in [-0.15, -0.1) is 0 Å². The van der Waals surface area contributed by atoms with Gasteiger partial charge in [0.25, 0.3) is 5.91 Å². The van der Waals surface area contributed by atoms with Crippen LogP contribution in [0.15, 0.2) is 30.5 Å². The van der Waals surface area contributed by atoms with Crippen molar-refractivity contribution >= 4 is 40.9 Å². The molecule has 1 aromatic heterocycles. The van der Waals surface area contributed by atoms with E-state index in [-0.39, 0.29) is 17.4 Å². The van der Waals surface area contributed by atoms with Gasteiger partial charge in [-0.05, 0) is 37.1 Å². The van der Waals surface area contributed by atoms with Gasteiger partial charge in [-0.1, -0.05) is 35.3 Å². The van der Waals surface area contributed by atoms with E-state index in [0.29, 0.717) is 10.8 Å². The summed E-state index contributed by atoms with van der Waals surface area (Å²) in [5, 5.41) is 2.96. The molecule has 1 N–H and O–H groups in total. The highest BCUT2D eigenvalue weighted by atomic mass is 35.5. The monoisotopic (exact) mass is 382 g/mol. The number of aromatic nitrogens is 1. The number of benzene rings is 1. The normalized spacial score (nSPS) is 10.2. The molecule has 0 radical (unpaired) electrons. The largest absolute Gasteiger partial charge is 0.482 e. The SMILES string of the molecule is Cc1ccc(C)c(OCC(=O)OCC(=O)Nc2ncc(Cl)cc2Cl)c1. The van der Waals surface area contributed by atoms with Crippen LogP contribution in [0, 0.1) is 13.8 Å². The highest BCUT2D eigenvalue weighted by Gasteiger charge is 2.12. The van der Waals surface area contributed by atoms with Gasteiger partial charge in [0.05, 0.1) is 10.0 Å². The lowest BCUT2D eigenvalue weighted by Gasteiger charge is -2.10. The van der Waals surface area contributed by atoms with Crippen molar-refractivity contribution in [3.8, 4) is 5.75 Å². The summed E-state index contributed by atoms with van der Waals surface area (Å²) in [4.78, 5) is 27.3. The quantitative estimate of drug-likeness (QED) is 0.772. The molecule has 6 nitrogen and oxygen atoms in total. The smallest absolute Gasteiger partial charge is 0.344 e. The van der Waals surface area contributed by atoms with Gasteiger partial charge >= 0.3 is 5.97 Å². The van der Waals surface area contributed by atoms with Gasteiger partial charge in [-0.25, -0.2) is 9.78 Å². The Kier molecular flexibility index (Phi) is 6.61. The molecular weight excluding hydrogens is 367 g/mol. The van der Waals surface area contributed by atoms with E-state index in [0.717, 1.165) is 11.1 Å². The predicted molar refractivity (Wildman–Crippen MR) is 95.3 cm³/mol. The summed E-state index contributed by atoms with van der Waals surface area (Å²) < 4.78 is 10.3. The third kappa shape index (κ3) is 5.92. The molecule has 0 atom stereocenters. The molecule has 2 rings (SSSR count). The number of carbonyl (C=O) groups excluding carboxylic acids is 2. The fraction of sp³-hybridized carbons (Fsp3) is 0.235. The Balaban J connectivity index is 1.79. The minimum atomic E-state index is -0.661. The van der Waals surface area contributed by atoms with Gasteiger partial charge in [0.2, 0.25) is 0 Å². The maximum atomic E-state index is 11.8. The second-order valence-corrected chi connectivity index (χ2v) is 6.09. The van der Waals surface area contributed by atoms with E-state index in [1.54, 1.807) is 0 Å². The van der Waals surface area contributed by atoms with Crippen LogP contribution < -0.4 is 10.1 Å². The first-order valence-corrected chi connectivity index (χ1v) is 8.07. The number of aryl methyl sites for hydroxylation is 2. The zero-order valence-electron chi connectivity index (χ0n) is 13.6. The number of esters is 1. The molecule has 132 valence electrons. The fourth-order valence-electron chi connectivity index (χ4n) is 1.86. The molecule has 2 aromatic rings. The summed E-state index contributed by atoms with van der Waals surface area (Å²) in [6, 6.07) is 7.10. The Morgan fingerprint density at radius 3 is 2.64 bits per heavy atom. The summed E-state index contributed by atoms with van der Waals surface area (Å²) in [6.45, 7) is 3.02. The number of rotatable bonds is 6. The molecule has 0 aliphatic rings. The molecule has 25 heavy (non-hydrogen) atoms. The first kappa shape index (κ1) is 19.0. The fourth-order valence-corrected chi connectivity index (χ4v) is 2.29. The Morgan fingerprint density at radius 2 is 1.92 bits per heavy atom. The van der Waals surface area contributed by atoms with Gasteiger partial charge < -0.3 is 14.8 Å². The average Bonchev–Trinajstić information content (AvgIpc) is 2.56. The third-order valence-electron chi connectivity index (χ3n) is 3.12. The van der Waals surface area contributed by atoms with E-state index in [1.165, 1.54) is 12.3 Å². The van der Waals surface area contributed by atoms with Crippen LogP contribution in [-0.4, -0.2) is 30.1 Å². The molecule has 0 aliphatic carbocycles. The van der Waals surface area contributed by atoms with E-state index in [2.05, 4.69) is 10.3 Å². The zero-order chi connectivity index (χ0) is 18.4. The number of anilines is 1. The Morgan fingerprint density at radius 1 is 1.16 bits per heavy atom. The van der Waals surface area contributed by atoms with E-state index >= 15 is 0 Å². The van der Waals surface area contributed by atoms with Crippen LogP contribution in [0.2, 0.25) is 10.0 Å². The molecule has 0 aliphatic heterocycles. The summed E-state index contributed by atoms with van der Waals surface area (Å²) in [5.74, 6) is -0.500. The van der Waals surface area contributed by atoms with E-state index in [1.807, 2.05) is 32.0 Å². The number of carbonyl (C=O) groups is 2. The van der Waals surface area contributed by atoms with Crippen LogP contribution in [0.5, 0.6) is 5.75 Å². The number of nitrogens with zero attached hydrogens (tertiary/aromatic N) is 1. The molecule has 0 saturated heterocycles. The Labute approximate surface area is 155 Å². The maximum Gasteiger partial charge on any atom is 0.344 e. The van der Waals surface area contributed by atoms with Crippen molar-refractivity contribution in [1.82, 2.24) is 4.98 Å². The van der Waals surface area contributed by atoms with Gasteiger partial charge in [0, 0.05) is 6.20 Å². The van der Waals surface area contributed by atoms with Crippen LogP contribution in [0.1, 0.15) is 11.1 Å². The van der Waals surface area contributed by atoms with Crippen LogP contribution in [0.4, 0.5) is 5.82 Å². The lowest BCUT2D eigenvalue weighted by atomic mass is 10.1. The number of amides is 1. The van der Waals surface area contributed by atoms with Crippen LogP contribution >= 0.6 is 23.2 Å². The Hall–Kier alpha value is -2.31. The average molecular weight is 383 g/mol. The van der Waals surface area contributed by atoms with Gasteiger partial charge in [-0.2, -0.15) is 0 Å². The summed E-state index contributed by atoms with van der Waals surface area (Å²) >= 11 is 11.6.